The Bertz CT molecular complexity index is 1300. The lowest BCUT2D eigenvalue weighted by Crippen LogP contribution is -2.15. The van der Waals surface area contributed by atoms with Gasteiger partial charge < -0.3 is 13.9 Å². The molecular formula is C27H28BrNO6. The van der Waals surface area contributed by atoms with Crippen LogP contribution < -0.4 is 10.2 Å². The molecule has 1 atom stereocenters. The first-order valence-corrected chi connectivity index (χ1v) is 11.9. The molecule has 1 fully saturated rings. The van der Waals surface area contributed by atoms with Gasteiger partial charge in [0.1, 0.15) is 11.9 Å². The third-order valence-corrected chi connectivity index (χ3v) is 6.07. The van der Waals surface area contributed by atoms with Gasteiger partial charge in [-0.15, -0.1) is 0 Å². The molecule has 0 amide bonds. The van der Waals surface area contributed by atoms with Crippen LogP contribution in [0, 0.1) is 24.0 Å². The summed E-state index contributed by atoms with van der Waals surface area (Å²) in [7, 11) is 1.48. The fourth-order valence-electron chi connectivity index (χ4n) is 3.93. The molecule has 0 saturated carbocycles. The first-order valence-electron chi connectivity index (χ1n) is 11.1. The van der Waals surface area contributed by atoms with E-state index in [0.29, 0.717) is 29.9 Å². The Labute approximate surface area is 212 Å². The molecule has 2 aromatic rings. The van der Waals surface area contributed by atoms with Crippen molar-refractivity contribution in [2.24, 2.45) is 0 Å². The van der Waals surface area contributed by atoms with E-state index in [0.717, 1.165) is 26.8 Å². The van der Waals surface area contributed by atoms with Crippen molar-refractivity contribution >= 4 is 27.7 Å². The highest BCUT2D eigenvalue weighted by Crippen LogP contribution is 2.36. The number of nitro groups is 1. The van der Waals surface area contributed by atoms with Crippen molar-refractivity contribution in [3.05, 3.63) is 106 Å². The zero-order valence-corrected chi connectivity index (χ0v) is 22.0. The summed E-state index contributed by atoms with van der Waals surface area (Å²) < 4.78 is 17.9. The molecular weight excluding hydrogens is 514 g/mol. The number of benzene rings is 1. The minimum atomic E-state index is -0.409. The summed E-state index contributed by atoms with van der Waals surface area (Å²) in [6.07, 6.45) is 8.30. The minimum absolute atomic E-state index is 0.0726. The predicted octanol–water partition coefficient (Wildman–Crippen LogP) is 6.89. The highest BCUT2D eigenvalue weighted by atomic mass is 79.9. The monoisotopic (exact) mass is 541 g/mol. The Morgan fingerprint density at radius 2 is 1.83 bits per heavy atom. The molecule has 0 unspecified atom stereocenters. The Morgan fingerprint density at radius 3 is 2.46 bits per heavy atom. The van der Waals surface area contributed by atoms with Crippen LogP contribution in [0.3, 0.4) is 0 Å². The van der Waals surface area contributed by atoms with Crippen LogP contribution in [-0.4, -0.2) is 18.6 Å². The second kappa shape index (κ2) is 11.5. The number of rotatable bonds is 7. The van der Waals surface area contributed by atoms with Gasteiger partial charge in [-0.25, -0.2) is 0 Å². The van der Waals surface area contributed by atoms with Gasteiger partial charge in [-0.2, -0.15) is 0 Å². The zero-order chi connectivity index (χ0) is 25.7. The van der Waals surface area contributed by atoms with E-state index in [2.05, 4.69) is 15.9 Å². The van der Waals surface area contributed by atoms with Gasteiger partial charge in [-0.1, -0.05) is 33.7 Å². The maximum absolute atomic E-state index is 12.5. The van der Waals surface area contributed by atoms with E-state index in [1.165, 1.54) is 19.2 Å². The highest BCUT2D eigenvalue weighted by Gasteiger charge is 2.28. The number of hydrogen-bond donors (Lipinski definition) is 0. The normalized spacial score (nSPS) is 18.3. The fourth-order valence-corrected chi connectivity index (χ4v) is 4.61. The van der Waals surface area contributed by atoms with Gasteiger partial charge in [0, 0.05) is 28.6 Å². The molecule has 0 bridgehead atoms. The van der Waals surface area contributed by atoms with Crippen molar-refractivity contribution in [2.75, 3.05) is 13.7 Å². The van der Waals surface area contributed by atoms with E-state index in [4.69, 9.17) is 13.9 Å². The highest BCUT2D eigenvalue weighted by molar-refractivity contribution is 9.11. The Hall–Kier alpha value is -3.23. The fraction of sp³-hybridized carbons (Fsp3) is 0.296. The second-order valence-electron chi connectivity index (χ2n) is 8.50. The Morgan fingerprint density at radius 1 is 1.14 bits per heavy atom. The summed E-state index contributed by atoms with van der Waals surface area (Å²) in [4.78, 5) is 22.9. The van der Waals surface area contributed by atoms with Crippen LogP contribution >= 0.6 is 15.9 Å². The Kier molecular flexibility index (Phi) is 8.64. The SMILES string of the molecule is COc1oc([C@@H]2C\C(=C/C(Br)=C\C(C)=C\C(C)=C\c3ccc([N+](=O)[O-])cc3)CO2)c(C)c(=O)c1C. The molecule has 1 saturated heterocycles. The van der Waals surface area contributed by atoms with Gasteiger partial charge in [0.05, 0.1) is 24.2 Å². The molecule has 35 heavy (non-hydrogen) atoms. The third-order valence-electron chi connectivity index (χ3n) is 5.62. The Balaban J connectivity index is 1.71. The van der Waals surface area contributed by atoms with Crippen LogP contribution in [0.4, 0.5) is 5.69 Å². The molecule has 0 spiro atoms. The maximum atomic E-state index is 12.5. The van der Waals surface area contributed by atoms with Crippen LogP contribution in [0.2, 0.25) is 0 Å². The summed E-state index contributed by atoms with van der Waals surface area (Å²) >= 11 is 3.61. The molecule has 0 radical (unpaired) electrons. The largest absolute Gasteiger partial charge is 0.468 e. The maximum Gasteiger partial charge on any atom is 0.291 e. The summed E-state index contributed by atoms with van der Waals surface area (Å²) in [5.41, 5.74) is 4.99. The molecule has 1 aliphatic rings. The van der Waals surface area contributed by atoms with Crippen LogP contribution in [0.5, 0.6) is 5.95 Å². The van der Waals surface area contributed by atoms with Crippen molar-refractivity contribution in [3.63, 3.8) is 0 Å². The van der Waals surface area contributed by atoms with Crippen molar-refractivity contribution < 1.29 is 18.8 Å². The molecule has 2 heterocycles. The predicted molar refractivity (Wildman–Crippen MR) is 140 cm³/mol. The molecule has 1 aliphatic heterocycles. The summed E-state index contributed by atoms with van der Waals surface area (Å²) in [5, 5.41) is 10.8. The van der Waals surface area contributed by atoms with E-state index in [-0.39, 0.29) is 23.2 Å². The summed E-state index contributed by atoms with van der Waals surface area (Å²) in [6.45, 7) is 7.84. The first kappa shape index (κ1) is 26.4. The average Bonchev–Trinajstić information content (AvgIpc) is 3.25. The van der Waals surface area contributed by atoms with Gasteiger partial charge >= 0.3 is 0 Å². The number of halogens is 1. The van der Waals surface area contributed by atoms with Crippen molar-refractivity contribution in [1.82, 2.24) is 0 Å². The minimum Gasteiger partial charge on any atom is -0.468 e. The van der Waals surface area contributed by atoms with Gasteiger partial charge in [0.25, 0.3) is 11.6 Å². The molecule has 3 rings (SSSR count). The van der Waals surface area contributed by atoms with Gasteiger partial charge in [-0.05, 0) is 68.7 Å². The lowest BCUT2D eigenvalue weighted by molar-refractivity contribution is -0.384. The third kappa shape index (κ3) is 6.68. The molecule has 0 aliphatic carbocycles. The number of nitro benzene ring substituents is 1. The number of methoxy groups -OCH3 is 1. The number of allylic oxidation sites excluding steroid dienone is 6. The molecule has 1 aromatic heterocycles. The topological polar surface area (TPSA) is 91.8 Å². The van der Waals surface area contributed by atoms with Crippen molar-refractivity contribution in [2.45, 2.75) is 40.2 Å². The van der Waals surface area contributed by atoms with Crippen molar-refractivity contribution in [1.29, 1.82) is 0 Å². The van der Waals surface area contributed by atoms with Crippen LogP contribution in [0.15, 0.2) is 72.9 Å². The van der Waals surface area contributed by atoms with Crippen LogP contribution in [0.1, 0.15) is 48.8 Å². The van der Waals surface area contributed by atoms with Crippen LogP contribution in [-0.2, 0) is 4.74 Å². The summed E-state index contributed by atoms with van der Waals surface area (Å²) in [5.74, 6) is 0.722. The molecule has 184 valence electrons. The van der Waals surface area contributed by atoms with E-state index in [1.54, 1.807) is 26.0 Å². The zero-order valence-electron chi connectivity index (χ0n) is 20.4. The smallest absolute Gasteiger partial charge is 0.291 e. The quantitative estimate of drug-likeness (QED) is 0.215. The number of non-ortho nitro benzene ring substituents is 1. The second-order valence-corrected chi connectivity index (χ2v) is 9.41. The van der Waals surface area contributed by atoms with E-state index >= 15 is 0 Å². The number of hydrogen-bond acceptors (Lipinski definition) is 6. The molecule has 7 nitrogen and oxygen atoms in total. The van der Waals surface area contributed by atoms with E-state index in [9.17, 15) is 14.9 Å². The van der Waals surface area contributed by atoms with Crippen LogP contribution in [0.25, 0.3) is 6.08 Å². The van der Waals surface area contributed by atoms with Crippen molar-refractivity contribution in [3.8, 4) is 5.95 Å². The lowest BCUT2D eigenvalue weighted by Gasteiger charge is -2.13. The summed E-state index contributed by atoms with van der Waals surface area (Å²) in [6, 6.07) is 6.44. The molecule has 8 heteroatoms. The number of ether oxygens (including phenoxy) is 2. The standard InChI is InChI=1S/C27H28BrNO6/c1-16(11-20-6-8-23(9-7-20)29(31)32)10-17(2)12-22(28)13-21-14-24(34-15-21)26-18(3)25(30)19(4)27(33-5)35-26/h6-13,24H,14-15H2,1-5H3/b16-11+,17-10+,21-13+,22-12+/t24-/m0/s1. The molecule has 1 aromatic carbocycles. The van der Waals surface area contributed by atoms with Gasteiger partial charge in [0.2, 0.25) is 0 Å². The van der Waals surface area contributed by atoms with Gasteiger partial charge in [-0.3, -0.25) is 14.9 Å². The van der Waals surface area contributed by atoms with Gasteiger partial charge in [0.15, 0.2) is 5.43 Å². The first-order chi connectivity index (χ1) is 16.6. The van der Waals surface area contributed by atoms with E-state index < -0.39 is 4.92 Å². The molecule has 0 N–H and O–H groups in total. The number of nitrogens with zero attached hydrogens (tertiary/aromatic N) is 1. The lowest BCUT2D eigenvalue weighted by atomic mass is 10.0. The van der Waals surface area contributed by atoms with E-state index in [1.807, 2.05) is 38.2 Å². The average molecular weight is 542 g/mol.